The van der Waals surface area contributed by atoms with Crippen molar-refractivity contribution in [2.45, 2.75) is 52.6 Å². The first-order chi connectivity index (χ1) is 9.15. The van der Waals surface area contributed by atoms with Crippen LogP contribution in [-0.4, -0.2) is 34.6 Å². The molecule has 5 heteroatoms. The van der Waals surface area contributed by atoms with Crippen molar-refractivity contribution in [1.29, 1.82) is 0 Å². The van der Waals surface area contributed by atoms with Gasteiger partial charge in [0, 0.05) is 25.2 Å². The van der Waals surface area contributed by atoms with Crippen LogP contribution in [0.5, 0.6) is 0 Å². The Kier molecular flexibility index (Phi) is 7.18. The third-order valence-electron chi connectivity index (χ3n) is 3.02. The van der Waals surface area contributed by atoms with Crippen molar-refractivity contribution in [3.05, 3.63) is 18.2 Å². The van der Waals surface area contributed by atoms with Crippen LogP contribution >= 0.6 is 0 Å². The zero-order chi connectivity index (χ0) is 14.1. The topological polar surface area (TPSA) is 59.0 Å². The molecule has 1 amide bonds. The number of hydrogen-bond donors (Lipinski definition) is 2. The average Bonchev–Trinajstić information content (AvgIpc) is 2.82. The summed E-state index contributed by atoms with van der Waals surface area (Å²) in [5, 5.41) is 6.29. The molecule has 1 aromatic rings. The number of aromatic nitrogens is 2. The lowest BCUT2D eigenvalue weighted by atomic mass is 10.2. The quantitative estimate of drug-likeness (QED) is 0.663. The number of nitrogens with one attached hydrogen (secondary N) is 2. The van der Waals surface area contributed by atoms with Crippen LogP contribution in [0.25, 0.3) is 0 Å². The second kappa shape index (κ2) is 8.69. The number of imidazole rings is 1. The van der Waals surface area contributed by atoms with E-state index in [1.807, 2.05) is 17.7 Å². The van der Waals surface area contributed by atoms with Gasteiger partial charge in [0.1, 0.15) is 6.54 Å². The van der Waals surface area contributed by atoms with E-state index < -0.39 is 0 Å². The van der Waals surface area contributed by atoms with Gasteiger partial charge in [-0.15, -0.1) is 0 Å². The molecule has 0 aliphatic carbocycles. The van der Waals surface area contributed by atoms with E-state index in [1.54, 1.807) is 6.33 Å². The molecule has 0 fully saturated rings. The van der Waals surface area contributed by atoms with Crippen molar-refractivity contribution in [3.8, 4) is 0 Å². The molecule has 1 atom stereocenters. The Morgan fingerprint density at radius 3 is 2.89 bits per heavy atom. The van der Waals surface area contributed by atoms with Crippen molar-refractivity contribution in [3.63, 3.8) is 0 Å². The monoisotopic (exact) mass is 266 g/mol. The zero-order valence-electron chi connectivity index (χ0n) is 12.3. The maximum Gasteiger partial charge on any atom is 0.240 e. The molecule has 2 N–H and O–H groups in total. The van der Waals surface area contributed by atoms with E-state index in [0.717, 1.165) is 38.0 Å². The minimum absolute atomic E-state index is 0.0439. The van der Waals surface area contributed by atoms with Crippen LogP contribution in [0.1, 0.15) is 39.3 Å². The van der Waals surface area contributed by atoms with E-state index >= 15 is 0 Å². The molecule has 0 bridgehead atoms. The third-order valence-corrected chi connectivity index (χ3v) is 3.02. The highest BCUT2D eigenvalue weighted by atomic mass is 16.2. The van der Waals surface area contributed by atoms with E-state index in [-0.39, 0.29) is 11.9 Å². The standard InChI is InChI=1S/C14H26N4O/c1-4-7-15-8-6-13-9-18(11-16-13)10-14(19)17-12(3)5-2/h9,11-12,15H,4-8,10H2,1-3H3,(H,17,19). The summed E-state index contributed by atoms with van der Waals surface area (Å²) in [4.78, 5) is 16.0. The van der Waals surface area contributed by atoms with E-state index in [4.69, 9.17) is 0 Å². The van der Waals surface area contributed by atoms with Crippen LogP contribution in [0.3, 0.4) is 0 Å². The lowest BCUT2D eigenvalue weighted by Gasteiger charge is -2.11. The van der Waals surface area contributed by atoms with E-state index in [1.165, 1.54) is 0 Å². The minimum atomic E-state index is 0.0439. The van der Waals surface area contributed by atoms with Gasteiger partial charge in [0.15, 0.2) is 0 Å². The molecule has 1 rings (SSSR count). The third kappa shape index (κ3) is 6.38. The molecule has 0 aliphatic rings. The summed E-state index contributed by atoms with van der Waals surface area (Å²) >= 11 is 0. The summed E-state index contributed by atoms with van der Waals surface area (Å²) in [5.74, 6) is 0.0439. The highest BCUT2D eigenvalue weighted by Crippen LogP contribution is 1.97. The van der Waals surface area contributed by atoms with Crippen LogP contribution in [0.2, 0.25) is 0 Å². The van der Waals surface area contributed by atoms with E-state index in [0.29, 0.717) is 6.54 Å². The normalized spacial score (nSPS) is 12.4. The lowest BCUT2D eigenvalue weighted by molar-refractivity contribution is -0.122. The summed E-state index contributed by atoms with van der Waals surface area (Å²) in [6.45, 7) is 8.54. The summed E-state index contributed by atoms with van der Waals surface area (Å²) in [7, 11) is 0. The Balaban J connectivity index is 2.31. The molecule has 5 nitrogen and oxygen atoms in total. The predicted octanol–water partition coefficient (Wildman–Crippen LogP) is 1.34. The van der Waals surface area contributed by atoms with Crippen LogP contribution in [0.4, 0.5) is 0 Å². The Morgan fingerprint density at radius 2 is 2.21 bits per heavy atom. The van der Waals surface area contributed by atoms with Gasteiger partial charge in [-0.05, 0) is 26.3 Å². The van der Waals surface area contributed by atoms with Crippen LogP contribution < -0.4 is 10.6 Å². The van der Waals surface area contributed by atoms with Gasteiger partial charge in [0.05, 0.1) is 12.0 Å². The second-order valence-corrected chi connectivity index (χ2v) is 4.91. The number of rotatable bonds is 9. The fourth-order valence-corrected chi connectivity index (χ4v) is 1.73. The van der Waals surface area contributed by atoms with Crippen molar-refractivity contribution in [2.75, 3.05) is 13.1 Å². The van der Waals surface area contributed by atoms with Crippen molar-refractivity contribution >= 4 is 5.91 Å². The van der Waals surface area contributed by atoms with Gasteiger partial charge >= 0.3 is 0 Å². The molecular weight excluding hydrogens is 240 g/mol. The minimum Gasteiger partial charge on any atom is -0.352 e. The molecule has 1 unspecified atom stereocenters. The molecule has 0 radical (unpaired) electrons. The Hall–Kier alpha value is -1.36. The fourth-order valence-electron chi connectivity index (χ4n) is 1.73. The number of carbonyl (C=O) groups is 1. The first-order valence-electron chi connectivity index (χ1n) is 7.16. The molecule has 1 heterocycles. The van der Waals surface area contributed by atoms with Crippen molar-refractivity contribution in [1.82, 2.24) is 20.2 Å². The number of nitrogens with zero attached hydrogens (tertiary/aromatic N) is 2. The highest BCUT2D eigenvalue weighted by Gasteiger charge is 2.07. The average molecular weight is 266 g/mol. The van der Waals surface area contributed by atoms with Crippen LogP contribution in [-0.2, 0) is 17.8 Å². The van der Waals surface area contributed by atoms with Gasteiger partial charge in [-0.3, -0.25) is 4.79 Å². The Bertz CT molecular complexity index is 375. The lowest BCUT2D eigenvalue weighted by Crippen LogP contribution is -2.34. The molecule has 0 aromatic carbocycles. The second-order valence-electron chi connectivity index (χ2n) is 4.91. The number of hydrogen-bond acceptors (Lipinski definition) is 3. The molecule has 1 aromatic heterocycles. The van der Waals surface area contributed by atoms with Gasteiger partial charge in [-0.2, -0.15) is 0 Å². The molecule has 0 saturated carbocycles. The molecule has 0 saturated heterocycles. The highest BCUT2D eigenvalue weighted by molar-refractivity contribution is 5.75. The Morgan fingerprint density at radius 1 is 1.42 bits per heavy atom. The largest absolute Gasteiger partial charge is 0.352 e. The summed E-state index contributed by atoms with van der Waals surface area (Å²) in [5.41, 5.74) is 1.03. The van der Waals surface area contributed by atoms with Gasteiger partial charge in [-0.25, -0.2) is 4.98 Å². The molecule has 108 valence electrons. The summed E-state index contributed by atoms with van der Waals surface area (Å²) < 4.78 is 1.84. The van der Waals surface area contributed by atoms with Crippen LogP contribution in [0, 0.1) is 0 Å². The van der Waals surface area contributed by atoms with Crippen molar-refractivity contribution in [2.24, 2.45) is 0 Å². The fraction of sp³-hybridized carbons (Fsp3) is 0.714. The van der Waals surface area contributed by atoms with E-state index in [9.17, 15) is 4.79 Å². The maximum absolute atomic E-state index is 11.7. The molecule has 0 aliphatic heterocycles. The first-order valence-corrected chi connectivity index (χ1v) is 7.16. The summed E-state index contributed by atoms with van der Waals surface area (Å²) in [6.07, 6.45) is 6.67. The maximum atomic E-state index is 11.7. The molecular formula is C14H26N4O. The summed E-state index contributed by atoms with van der Waals surface area (Å²) in [6, 6.07) is 0.230. The van der Waals surface area contributed by atoms with Gasteiger partial charge < -0.3 is 15.2 Å². The molecule has 0 spiro atoms. The van der Waals surface area contributed by atoms with E-state index in [2.05, 4.69) is 29.5 Å². The SMILES string of the molecule is CCCNCCc1cn(CC(=O)NC(C)CC)cn1. The number of carbonyl (C=O) groups excluding carboxylic acids is 1. The van der Waals surface area contributed by atoms with Gasteiger partial charge in [0.2, 0.25) is 5.91 Å². The van der Waals surface area contributed by atoms with Crippen LogP contribution in [0.15, 0.2) is 12.5 Å². The van der Waals surface area contributed by atoms with Gasteiger partial charge in [0.25, 0.3) is 0 Å². The van der Waals surface area contributed by atoms with Crippen molar-refractivity contribution < 1.29 is 4.79 Å². The zero-order valence-corrected chi connectivity index (χ0v) is 12.3. The molecule has 19 heavy (non-hydrogen) atoms. The predicted molar refractivity (Wildman–Crippen MR) is 77.0 cm³/mol. The smallest absolute Gasteiger partial charge is 0.240 e. The first kappa shape index (κ1) is 15.7. The Labute approximate surface area is 115 Å². The number of amides is 1. The van der Waals surface area contributed by atoms with Gasteiger partial charge in [-0.1, -0.05) is 13.8 Å².